The maximum atomic E-state index is 12.8. The van der Waals surface area contributed by atoms with E-state index in [1.807, 2.05) is 0 Å². The quantitative estimate of drug-likeness (QED) is 0.750. The molecule has 0 radical (unpaired) electrons. The second-order valence-electron chi connectivity index (χ2n) is 6.96. The summed E-state index contributed by atoms with van der Waals surface area (Å²) < 4.78 is 31.4. The number of ether oxygens (including phenoxy) is 1. The molecule has 0 atom stereocenters. The van der Waals surface area contributed by atoms with E-state index in [0.29, 0.717) is 11.4 Å². The van der Waals surface area contributed by atoms with Gasteiger partial charge in [-0.25, -0.2) is 12.7 Å². The molecule has 0 bridgehead atoms. The normalized spacial score (nSPS) is 14.4. The molecule has 3 rings (SSSR count). The SMILES string of the molecule is COc1ccc(NC(C)=O)c(NC(=O)c2ccc3c(c2)S(=O)(=O)N(C(C)C)C3=O)c1. The lowest BCUT2D eigenvalue weighted by molar-refractivity contribution is -0.114. The Labute approximate surface area is 174 Å². The highest BCUT2D eigenvalue weighted by atomic mass is 32.2. The van der Waals surface area contributed by atoms with Crippen LogP contribution in [0, 0.1) is 0 Å². The van der Waals surface area contributed by atoms with E-state index in [0.717, 1.165) is 4.31 Å². The molecular weight excluding hydrogens is 410 g/mol. The van der Waals surface area contributed by atoms with Gasteiger partial charge >= 0.3 is 0 Å². The molecule has 158 valence electrons. The van der Waals surface area contributed by atoms with Gasteiger partial charge in [-0.3, -0.25) is 14.4 Å². The zero-order valence-corrected chi connectivity index (χ0v) is 17.7. The minimum absolute atomic E-state index is 0.0283. The summed E-state index contributed by atoms with van der Waals surface area (Å²) in [6, 6.07) is 8.05. The molecule has 0 saturated heterocycles. The molecule has 0 saturated carbocycles. The number of carbonyl (C=O) groups is 3. The van der Waals surface area contributed by atoms with Gasteiger partial charge in [0.15, 0.2) is 0 Å². The second-order valence-corrected chi connectivity index (χ2v) is 8.74. The summed E-state index contributed by atoms with van der Waals surface area (Å²) in [5, 5.41) is 5.25. The van der Waals surface area contributed by atoms with Gasteiger partial charge in [0, 0.05) is 24.6 Å². The Morgan fingerprint density at radius 3 is 2.33 bits per heavy atom. The number of nitrogens with zero attached hydrogens (tertiary/aromatic N) is 1. The highest BCUT2D eigenvalue weighted by molar-refractivity contribution is 7.90. The lowest BCUT2D eigenvalue weighted by Crippen LogP contribution is -2.36. The largest absolute Gasteiger partial charge is 0.497 e. The number of anilines is 2. The maximum Gasteiger partial charge on any atom is 0.269 e. The third kappa shape index (κ3) is 3.73. The fourth-order valence-corrected chi connectivity index (χ4v) is 4.94. The van der Waals surface area contributed by atoms with Crippen LogP contribution < -0.4 is 15.4 Å². The Morgan fingerprint density at radius 1 is 1.03 bits per heavy atom. The van der Waals surface area contributed by atoms with Crippen molar-refractivity contribution in [1.82, 2.24) is 4.31 Å². The molecular formula is C20H21N3O6S. The molecule has 0 aliphatic carbocycles. The summed E-state index contributed by atoms with van der Waals surface area (Å²) in [5.41, 5.74) is 0.706. The van der Waals surface area contributed by atoms with Crippen LogP contribution in [-0.2, 0) is 14.8 Å². The maximum absolute atomic E-state index is 12.8. The van der Waals surface area contributed by atoms with Crippen molar-refractivity contribution in [3.05, 3.63) is 47.5 Å². The first-order valence-corrected chi connectivity index (χ1v) is 10.5. The Hall–Kier alpha value is -3.40. The molecule has 1 heterocycles. The minimum Gasteiger partial charge on any atom is -0.497 e. The van der Waals surface area contributed by atoms with Gasteiger partial charge in [-0.1, -0.05) is 0 Å². The van der Waals surface area contributed by atoms with Crippen molar-refractivity contribution in [1.29, 1.82) is 0 Å². The predicted octanol–water partition coefficient (Wildman–Crippen LogP) is 2.46. The fourth-order valence-electron chi connectivity index (χ4n) is 3.15. The highest BCUT2D eigenvalue weighted by Crippen LogP contribution is 2.33. The molecule has 0 fully saturated rings. The number of nitrogens with one attached hydrogen (secondary N) is 2. The molecule has 2 N–H and O–H groups in total. The lowest BCUT2D eigenvalue weighted by atomic mass is 10.1. The van der Waals surface area contributed by atoms with Crippen LogP contribution >= 0.6 is 0 Å². The van der Waals surface area contributed by atoms with Crippen LogP contribution in [-0.4, -0.2) is 43.6 Å². The van der Waals surface area contributed by atoms with E-state index in [1.165, 1.54) is 38.3 Å². The molecule has 2 aromatic rings. The lowest BCUT2D eigenvalue weighted by Gasteiger charge is -2.18. The molecule has 1 aliphatic rings. The van der Waals surface area contributed by atoms with Crippen LogP contribution in [0.4, 0.5) is 11.4 Å². The zero-order valence-electron chi connectivity index (χ0n) is 16.8. The first kappa shape index (κ1) is 21.3. The van der Waals surface area contributed by atoms with Crippen molar-refractivity contribution in [2.45, 2.75) is 31.7 Å². The molecule has 10 heteroatoms. The van der Waals surface area contributed by atoms with E-state index in [4.69, 9.17) is 4.74 Å². The average Bonchev–Trinajstić information content (AvgIpc) is 2.88. The van der Waals surface area contributed by atoms with Crippen molar-refractivity contribution in [3.8, 4) is 5.75 Å². The van der Waals surface area contributed by atoms with E-state index in [9.17, 15) is 22.8 Å². The number of fused-ring (bicyclic) bond motifs is 1. The summed E-state index contributed by atoms with van der Waals surface area (Å²) >= 11 is 0. The molecule has 0 unspecified atom stereocenters. The van der Waals surface area contributed by atoms with Gasteiger partial charge in [-0.05, 0) is 44.2 Å². The smallest absolute Gasteiger partial charge is 0.269 e. The van der Waals surface area contributed by atoms with Gasteiger partial charge in [-0.15, -0.1) is 0 Å². The predicted molar refractivity (Wildman–Crippen MR) is 110 cm³/mol. The van der Waals surface area contributed by atoms with Crippen molar-refractivity contribution < 1.29 is 27.5 Å². The molecule has 2 aromatic carbocycles. The molecule has 30 heavy (non-hydrogen) atoms. The number of amides is 3. The van der Waals surface area contributed by atoms with E-state index in [-0.39, 0.29) is 27.6 Å². The van der Waals surface area contributed by atoms with Crippen LogP contribution in [0.25, 0.3) is 0 Å². The van der Waals surface area contributed by atoms with Crippen LogP contribution in [0.5, 0.6) is 5.75 Å². The molecule has 1 aliphatic heterocycles. The molecule has 3 amide bonds. The number of sulfonamides is 1. The third-order valence-corrected chi connectivity index (χ3v) is 6.46. The third-order valence-electron chi connectivity index (χ3n) is 4.47. The van der Waals surface area contributed by atoms with Gasteiger partial charge < -0.3 is 15.4 Å². The van der Waals surface area contributed by atoms with Crippen LogP contribution in [0.15, 0.2) is 41.3 Å². The summed E-state index contributed by atoms with van der Waals surface area (Å²) in [4.78, 5) is 36.5. The minimum atomic E-state index is -4.03. The van der Waals surface area contributed by atoms with E-state index < -0.39 is 27.9 Å². The number of methoxy groups -OCH3 is 1. The first-order valence-electron chi connectivity index (χ1n) is 9.06. The van der Waals surface area contributed by atoms with Crippen molar-refractivity contribution in [2.75, 3.05) is 17.7 Å². The molecule has 0 aromatic heterocycles. The Balaban J connectivity index is 1.97. The van der Waals surface area contributed by atoms with Crippen LogP contribution in [0.1, 0.15) is 41.5 Å². The number of benzene rings is 2. The van der Waals surface area contributed by atoms with Crippen molar-refractivity contribution in [2.24, 2.45) is 0 Å². The van der Waals surface area contributed by atoms with Gasteiger partial charge in [0.2, 0.25) is 5.91 Å². The molecule has 9 nitrogen and oxygen atoms in total. The fraction of sp³-hybridized carbons (Fsp3) is 0.250. The summed E-state index contributed by atoms with van der Waals surface area (Å²) in [6.45, 7) is 4.53. The molecule has 0 spiro atoms. The van der Waals surface area contributed by atoms with Gasteiger partial charge in [0.25, 0.3) is 21.8 Å². The Kier molecular flexibility index (Phi) is 5.53. The monoisotopic (exact) mass is 431 g/mol. The van der Waals surface area contributed by atoms with Crippen molar-refractivity contribution in [3.63, 3.8) is 0 Å². The van der Waals surface area contributed by atoms with Gasteiger partial charge in [0.1, 0.15) is 10.6 Å². The van der Waals surface area contributed by atoms with Crippen LogP contribution in [0.2, 0.25) is 0 Å². The number of rotatable bonds is 5. The topological polar surface area (TPSA) is 122 Å². The summed E-state index contributed by atoms with van der Waals surface area (Å²) in [7, 11) is -2.57. The highest BCUT2D eigenvalue weighted by Gasteiger charge is 2.42. The average molecular weight is 431 g/mol. The number of hydrogen-bond acceptors (Lipinski definition) is 6. The van der Waals surface area contributed by atoms with Crippen molar-refractivity contribution >= 4 is 39.1 Å². The first-order chi connectivity index (χ1) is 14.1. The van der Waals surface area contributed by atoms with E-state index in [1.54, 1.807) is 26.0 Å². The Bertz CT molecular complexity index is 1160. The Morgan fingerprint density at radius 2 is 1.73 bits per heavy atom. The summed E-state index contributed by atoms with van der Waals surface area (Å²) in [6.07, 6.45) is 0. The zero-order chi connectivity index (χ0) is 22.2. The standard InChI is InChI=1S/C20H21N3O6S/c1-11(2)23-20(26)15-7-5-13(9-18(15)30(23,27)28)19(25)22-17-10-14(29-4)6-8-16(17)21-12(3)24/h5-11H,1-4H3,(H,21,24)(H,22,25). The van der Waals surface area contributed by atoms with Gasteiger partial charge in [-0.2, -0.15) is 0 Å². The number of hydrogen-bond donors (Lipinski definition) is 2. The number of carbonyl (C=O) groups excluding carboxylic acids is 3. The van der Waals surface area contributed by atoms with Gasteiger partial charge in [0.05, 0.1) is 24.0 Å². The second kappa shape index (κ2) is 7.79. The van der Waals surface area contributed by atoms with Crippen LogP contribution in [0.3, 0.4) is 0 Å². The van der Waals surface area contributed by atoms with E-state index >= 15 is 0 Å². The summed E-state index contributed by atoms with van der Waals surface area (Å²) in [5.74, 6) is -1.10. The van der Waals surface area contributed by atoms with E-state index in [2.05, 4.69) is 10.6 Å².